The number of rotatable bonds is 6. The van der Waals surface area contributed by atoms with Gasteiger partial charge in [0.2, 0.25) is 5.95 Å². The summed E-state index contributed by atoms with van der Waals surface area (Å²) in [6.45, 7) is 11.9. The number of hydrogen-bond donors (Lipinski definition) is 4. The first-order valence-electron chi connectivity index (χ1n) is 12.9. The van der Waals surface area contributed by atoms with Crippen LogP contribution < -0.4 is 15.5 Å². The maximum Gasteiger partial charge on any atom is 0.490 e. The second-order valence-electron chi connectivity index (χ2n) is 9.98. The van der Waals surface area contributed by atoms with Crippen molar-refractivity contribution in [3.05, 3.63) is 35.5 Å². The molecule has 1 saturated heterocycles. The number of carbonyl (C=O) groups excluding carboxylic acids is 1. The van der Waals surface area contributed by atoms with E-state index in [1.807, 2.05) is 24.3 Å². The zero-order chi connectivity index (χ0) is 29.6. The van der Waals surface area contributed by atoms with E-state index in [-0.39, 0.29) is 24.7 Å². The van der Waals surface area contributed by atoms with Gasteiger partial charge in [0.25, 0.3) is 0 Å². The molecule has 2 aromatic rings. The van der Waals surface area contributed by atoms with Gasteiger partial charge in [0.15, 0.2) is 0 Å². The molecule has 14 heteroatoms. The van der Waals surface area contributed by atoms with Crippen molar-refractivity contribution in [2.24, 2.45) is 0 Å². The third-order valence-corrected chi connectivity index (χ3v) is 6.46. The molecule has 2 atom stereocenters. The highest BCUT2D eigenvalue weighted by atomic mass is 19.4. The topological polar surface area (TPSA) is 140 Å². The SMILES string of the molecule is CC(CO)NC(=O)Nc1ccc(-c2nc(N3CCOCC3C)nc3c2CN(C(C)C)C3)cc1.O=C(O)C(F)(F)F. The number of ether oxygens (including phenoxy) is 1. The molecule has 0 aliphatic carbocycles. The van der Waals surface area contributed by atoms with Crippen molar-refractivity contribution in [2.45, 2.75) is 65.1 Å². The number of halogens is 3. The number of carboxylic acid groups (broad SMARTS) is 1. The molecule has 11 nitrogen and oxygen atoms in total. The van der Waals surface area contributed by atoms with Crippen molar-refractivity contribution in [3.63, 3.8) is 0 Å². The number of nitrogens with one attached hydrogen (secondary N) is 2. The Bertz CT molecular complexity index is 1180. The van der Waals surface area contributed by atoms with Crippen molar-refractivity contribution < 1.29 is 37.7 Å². The first-order valence-corrected chi connectivity index (χ1v) is 12.9. The highest BCUT2D eigenvalue weighted by molar-refractivity contribution is 5.89. The molecular formula is C26H35F3N6O5. The van der Waals surface area contributed by atoms with Crippen LogP contribution in [0.2, 0.25) is 0 Å². The van der Waals surface area contributed by atoms with Gasteiger partial charge in [0.05, 0.1) is 43.3 Å². The lowest BCUT2D eigenvalue weighted by atomic mass is 10.1. The number of carbonyl (C=O) groups is 2. The first kappa shape index (κ1) is 31.0. The van der Waals surface area contributed by atoms with Crippen molar-refractivity contribution in [1.82, 2.24) is 20.2 Å². The maximum absolute atomic E-state index is 12.1. The van der Waals surface area contributed by atoms with E-state index in [9.17, 15) is 18.0 Å². The van der Waals surface area contributed by atoms with Crippen molar-refractivity contribution in [3.8, 4) is 11.3 Å². The summed E-state index contributed by atoms with van der Waals surface area (Å²) in [6.07, 6.45) is -5.08. The van der Waals surface area contributed by atoms with Crippen LogP contribution in [0.15, 0.2) is 24.3 Å². The largest absolute Gasteiger partial charge is 0.490 e. The van der Waals surface area contributed by atoms with Crippen molar-refractivity contribution >= 4 is 23.6 Å². The Morgan fingerprint density at radius 3 is 2.35 bits per heavy atom. The van der Waals surface area contributed by atoms with Crippen LogP contribution in [-0.4, -0.2) is 87.7 Å². The van der Waals surface area contributed by atoms with Gasteiger partial charge in [-0.2, -0.15) is 13.2 Å². The molecule has 40 heavy (non-hydrogen) atoms. The number of fused-ring (bicyclic) bond motifs is 1. The number of morpholine rings is 1. The monoisotopic (exact) mass is 568 g/mol. The normalized spacial score (nSPS) is 18.0. The van der Waals surface area contributed by atoms with Gasteiger partial charge < -0.3 is 30.5 Å². The van der Waals surface area contributed by atoms with Crippen LogP contribution in [0.5, 0.6) is 0 Å². The summed E-state index contributed by atoms with van der Waals surface area (Å²) in [6, 6.07) is 7.71. The number of amides is 2. The molecular weight excluding hydrogens is 533 g/mol. The molecule has 1 aromatic carbocycles. The molecule has 0 spiro atoms. The summed E-state index contributed by atoms with van der Waals surface area (Å²) in [5.74, 6) is -2.00. The second-order valence-corrected chi connectivity index (χ2v) is 9.98. The third-order valence-electron chi connectivity index (χ3n) is 6.46. The van der Waals surface area contributed by atoms with Crippen molar-refractivity contribution in [2.75, 3.05) is 36.6 Å². The van der Waals surface area contributed by atoms with Crippen molar-refractivity contribution in [1.29, 1.82) is 0 Å². The Kier molecular flexibility index (Phi) is 10.3. The number of carboxylic acids is 1. The van der Waals surface area contributed by atoms with E-state index >= 15 is 0 Å². The predicted molar refractivity (Wildman–Crippen MR) is 142 cm³/mol. The highest BCUT2D eigenvalue weighted by Gasteiger charge is 2.38. The lowest BCUT2D eigenvalue weighted by Gasteiger charge is -2.33. The first-order chi connectivity index (χ1) is 18.8. The summed E-state index contributed by atoms with van der Waals surface area (Å²) in [7, 11) is 0. The van der Waals surface area contributed by atoms with E-state index < -0.39 is 12.1 Å². The predicted octanol–water partition coefficient (Wildman–Crippen LogP) is 3.23. The molecule has 220 valence electrons. The van der Waals surface area contributed by atoms with Gasteiger partial charge in [-0.3, -0.25) is 4.90 Å². The van der Waals surface area contributed by atoms with E-state index in [0.717, 1.165) is 42.5 Å². The molecule has 2 unspecified atom stereocenters. The molecule has 1 aromatic heterocycles. The standard InChI is InChI=1S/C24H34N6O3.C2HF3O2/c1-15(2)29-11-20-21(12-29)27-23(30-9-10-33-14-17(30)4)28-22(20)18-5-7-19(8-6-18)26-24(32)25-16(3)13-31;3-2(4,5)1(6)7/h5-8,15-17,31H,9-14H2,1-4H3,(H2,25,26,32);(H,6,7). The number of aliphatic carboxylic acids is 1. The number of aliphatic hydroxyl groups excluding tert-OH is 1. The zero-order valence-corrected chi connectivity index (χ0v) is 22.8. The molecule has 3 heterocycles. The second kappa shape index (κ2) is 13.2. The number of alkyl halides is 3. The number of nitrogens with zero attached hydrogens (tertiary/aromatic N) is 4. The minimum absolute atomic E-state index is 0.108. The van der Waals surface area contributed by atoms with E-state index in [4.69, 9.17) is 29.7 Å². The molecule has 4 N–H and O–H groups in total. The molecule has 0 saturated carbocycles. The Labute approximate surface area is 230 Å². The van der Waals surface area contributed by atoms with Crippen LogP contribution in [0.4, 0.5) is 29.6 Å². The summed E-state index contributed by atoms with van der Waals surface area (Å²) in [5.41, 5.74) is 4.88. The third kappa shape index (κ3) is 8.02. The Hall–Kier alpha value is -3.49. The van der Waals surface area contributed by atoms with Crippen LogP contribution in [0.25, 0.3) is 11.3 Å². The van der Waals surface area contributed by atoms with E-state index in [0.29, 0.717) is 24.9 Å². The van der Waals surface area contributed by atoms with Crippen LogP contribution in [-0.2, 0) is 22.6 Å². The van der Waals surface area contributed by atoms with Gasteiger partial charge in [-0.1, -0.05) is 12.1 Å². The van der Waals surface area contributed by atoms with Gasteiger partial charge in [0.1, 0.15) is 0 Å². The summed E-state index contributed by atoms with van der Waals surface area (Å²) in [4.78, 5) is 35.6. The van der Waals surface area contributed by atoms with E-state index in [2.05, 4.69) is 41.2 Å². The fraction of sp³-hybridized carbons (Fsp3) is 0.538. The number of aromatic nitrogens is 2. The number of urea groups is 1. The highest BCUT2D eigenvalue weighted by Crippen LogP contribution is 2.34. The van der Waals surface area contributed by atoms with E-state index in [1.54, 1.807) is 6.92 Å². The quantitative estimate of drug-likeness (QED) is 0.414. The summed E-state index contributed by atoms with van der Waals surface area (Å²) in [5, 5.41) is 21.7. The van der Waals surface area contributed by atoms with Crippen LogP contribution >= 0.6 is 0 Å². The number of anilines is 2. The van der Waals surface area contributed by atoms with Crippen LogP contribution in [0, 0.1) is 0 Å². The average molecular weight is 569 g/mol. The Balaban J connectivity index is 0.000000559. The van der Waals surface area contributed by atoms with Crippen LogP contribution in [0.3, 0.4) is 0 Å². The number of hydrogen-bond acceptors (Lipinski definition) is 8. The minimum Gasteiger partial charge on any atom is -0.475 e. The number of benzene rings is 1. The average Bonchev–Trinajstić information content (AvgIpc) is 3.33. The number of aliphatic hydroxyl groups is 1. The minimum atomic E-state index is -5.08. The Morgan fingerprint density at radius 1 is 1.15 bits per heavy atom. The molecule has 4 rings (SSSR count). The van der Waals surface area contributed by atoms with Gasteiger partial charge in [-0.25, -0.2) is 19.6 Å². The fourth-order valence-electron chi connectivity index (χ4n) is 4.17. The summed E-state index contributed by atoms with van der Waals surface area (Å²) >= 11 is 0. The summed E-state index contributed by atoms with van der Waals surface area (Å²) < 4.78 is 37.3. The van der Waals surface area contributed by atoms with Crippen LogP contribution in [0.1, 0.15) is 39.0 Å². The van der Waals surface area contributed by atoms with E-state index in [1.165, 1.54) is 5.56 Å². The molecule has 2 aliphatic heterocycles. The maximum atomic E-state index is 12.1. The van der Waals surface area contributed by atoms with Gasteiger partial charge in [-0.15, -0.1) is 0 Å². The lowest BCUT2D eigenvalue weighted by molar-refractivity contribution is -0.192. The molecule has 2 aliphatic rings. The Morgan fingerprint density at radius 2 is 1.80 bits per heavy atom. The fourth-order valence-corrected chi connectivity index (χ4v) is 4.17. The zero-order valence-electron chi connectivity index (χ0n) is 22.8. The molecule has 0 bridgehead atoms. The lowest BCUT2D eigenvalue weighted by Crippen LogP contribution is -2.44. The molecule has 2 amide bonds. The smallest absolute Gasteiger partial charge is 0.475 e. The van der Waals surface area contributed by atoms with Gasteiger partial charge >= 0.3 is 18.2 Å². The molecule has 1 fully saturated rings. The molecule has 0 radical (unpaired) electrons. The van der Waals surface area contributed by atoms with Gasteiger partial charge in [0, 0.05) is 42.5 Å². The van der Waals surface area contributed by atoms with Gasteiger partial charge in [-0.05, 0) is 39.8 Å².